The molecule has 1 saturated heterocycles. The Bertz CT molecular complexity index is 213. The molecule has 1 heterocycles. The minimum Gasteiger partial charge on any atom is -0.342 e. The van der Waals surface area contributed by atoms with Crippen LogP contribution in [0.3, 0.4) is 0 Å². The molecule has 1 aliphatic rings. The van der Waals surface area contributed by atoms with Gasteiger partial charge in [-0.2, -0.15) is 0 Å². The SMILES string of the molecule is CCCN=C(NN)N1CCC(C(C)C)C1. The molecular weight excluding hydrogens is 188 g/mol. The Morgan fingerprint density at radius 3 is 2.80 bits per heavy atom. The van der Waals surface area contributed by atoms with E-state index in [9.17, 15) is 0 Å². The van der Waals surface area contributed by atoms with E-state index in [4.69, 9.17) is 5.84 Å². The van der Waals surface area contributed by atoms with Gasteiger partial charge in [0.05, 0.1) is 0 Å². The van der Waals surface area contributed by atoms with Crippen molar-refractivity contribution in [3.05, 3.63) is 0 Å². The molecule has 0 saturated carbocycles. The Kier molecular flexibility index (Phi) is 4.88. The van der Waals surface area contributed by atoms with Crippen LogP contribution in [0.5, 0.6) is 0 Å². The third kappa shape index (κ3) is 3.38. The monoisotopic (exact) mass is 212 g/mol. The van der Waals surface area contributed by atoms with Crippen molar-refractivity contribution >= 4 is 5.96 Å². The van der Waals surface area contributed by atoms with Gasteiger partial charge in [0.1, 0.15) is 0 Å². The molecule has 0 amide bonds. The van der Waals surface area contributed by atoms with Crippen molar-refractivity contribution < 1.29 is 0 Å². The van der Waals surface area contributed by atoms with Gasteiger partial charge in [-0.3, -0.25) is 10.4 Å². The normalized spacial score (nSPS) is 22.6. The number of hydrogen-bond donors (Lipinski definition) is 2. The molecule has 1 rings (SSSR count). The molecule has 1 fully saturated rings. The second-order valence-electron chi connectivity index (χ2n) is 4.59. The Labute approximate surface area is 92.9 Å². The number of nitrogens with one attached hydrogen (secondary N) is 1. The van der Waals surface area contributed by atoms with Crippen LogP contribution in [0.25, 0.3) is 0 Å². The van der Waals surface area contributed by atoms with Crippen LogP contribution in [-0.2, 0) is 0 Å². The first-order valence-electron chi connectivity index (χ1n) is 5.95. The number of rotatable bonds is 3. The van der Waals surface area contributed by atoms with Crippen LogP contribution in [-0.4, -0.2) is 30.5 Å². The predicted octanol–water partition coefficient (Wildman–Crippen LogP) is 1.19. The number of nitrogens with zero attached hydrogens (tertiary/aromatic N) is 2. The molecule has 0 bridgehead atoms. The summed E-state index contributed by atoms with van der Waals surface area (Å²) in [5.41, 5.74) is 2.71. The lowest BCUT2D eigenvalue weighted by Gasteiger charge is -2.21. The first-order valence-corrected chi connectivity index (χ1v) is 5.95. The van der Waals surface area contributed by atoms with Gasteiger partial charge in [-0.05, 0) is 24.7 Å². The third-order valence-corrected chi connectivity index (χ3v) is 3.08. The molecule has 0 aliphatic carbocycles. The number of hydrogen-bond acceptors (Lipinski definition) is 2. The van der Waals surface area contributed by atoms with Gasteiger partial charge >= 0.3 is 0 Å². The lowest BCUT2D eigenvalue weighted by atomic mass is 9.95. The molecule has 4 nitrogen and oxygen atoms in total. The molecule has 1 unspecified atom stereocenters. The summed E-state index contributed by atoms with van der Waals surface area (Å²) in [6.07, 6.45) is 2.32. The summed E-state index contributed by atoms with van der Waals surface area (Å²) in [5, 5.41) is 0. The number of aliphatic imine (C=N–C) groups is 1. The van der Waals surface area contributed by atoms with E-state index in [1.165, 1.54) is 6.42 Å². The Morgan fingerprint density at radius 1 is 1.60 bits per heavy atom. The van der Waals surface area contributed by atoms with Crippen LogP contribution in [0.4, 0.5) is 0 Å². The largest absolute Gasteiger partial charge is 0.342 e. The van der Waals surface area contributed by atoms with Crippen molar-refractivity contribution in [1.82, 2.24) is 10.3 Å². The van der Waals surface area contributed by atoms with Crippen LogP contribution in [0, 0.1) is 11.8 Å². The van der Waals surface area contributed by atoms with E-state index in [1.807, 2.05) is 0 Å². The lowest BCUT2D eigenvalue weighted by Crippen LogP contribution is -2.44. The van der Waals surface area contributed by atoms with Gasteiger partial charge in [0.25, 0.3) is 0 Å². The summed E-state index contributed by atoms with van der Waals surface area (Å²) in [5.74, 6) is 7.89. The second-order valence-corrected chi connectivity index (χ2v) is 4.59. The van der Waals surface area contributed by atoms with Crippen LogP contribution in [0.1, 0.15) is 33.6 Å². The van der Waals surface area contributed by atoms with E-state index in [0.717, 1.165) is 43.9 Å². The molecule has 3 N–H and O–H groups in total. The lowest BCUT2D eigenvalue weighted by molar-refractivity contribution is 0.384. The fourth-order valence-corrected chi connectivity index (χ4v) is 1.98. The number of nitrogens with two attached hydrogens (primary N) is 1. The molecule has 0 aromatic heterocycles. The maximum absolute atomic E-state index is 5.49. The summed E-state index contributed by atoms with van der Waals surface area (Å²) in [6, 6.07) is 0. The highest BCUT2D eigenvalue weighted by atomic mass is 15.4. The highest BCUT2D eigenvalue weighted by Gasteiger charge is 2.26. The van der Waals surface area contributed by atoms with Crippen molar-refractivity contribution in [1.29, 1.82) is 0 Å². The van der Waals surface area contributed by atoms with E-state index < -0.39 is 0 Å². The van der Waals surface area contributed by atoms with Crippen LogP contribution >= 0.6 is 0 Å². The van der Waals surface area contributed by atoms with E-state index >= 15 is 0 Å². The third-order valence-electron chi connectivity index (χ3n) is 3.08. The maximum atomic E-state index is 5.49. The minimum absolute atomic E-state index is 0.750. The average molecular weight is 212 g/mol. The Balaban J connectivity index is 2.50. The van der Waals surface area contributed by atoms with Gasteiger partial charge in [-0.25, -0.2) is 5.84 Å². The van der Waals surface area contributed by atoms with E-state index in [1.54, 1.807) is 0 Å². The molecule has 0 aromatic rings. The van der Waals surface area contributed by atoms with Gasteiger partial charge in [0.15, 0.2) is 0 Å². The van der Waals surface area contributed by atoms with Crippen molar-refractivity contribution in [2.24, 2.45) is 22.7 Å². The van der Waals surface area contributed by atoms with Crippen molar-refractivity contribution in [2.45, 2.75) is 33.6 Å². The van der Waals surface area contributed by atoms with Crippen LogP contribution in [0.2, 0.25) is 0 Å². The molecule has 88 valence electrons. The highest BCUT2D eigenvalue weighted by Crippen LogP contribution is 2.23. The Hall–Kier alpha value is -0.770. The number of guanidine groups is 1. The van der Waals surface area contributed by atoms with E-state index in [0.29, 0.717) is 0 Å². The number of hydrazine groups is 1. The maximum Gasteiger partial charge on any atom is 0.208 e. The molecule has 15 heavy (non-hydrogen) atoms. The topological polar surface area (TPSA) is 53.6 Å². The number of likely N-dealkylation sites (tertiary alicyclic amines) is 1. The molecule has 0 radical (unpaired) electrons. The van der Waals surface area contributed by atoms with Crippen LogP contribution in [0.15, 0.2) is 4.99 Å². The summed E-state index contributed by atoms with van der Waals surface area (Å²) in [4.78, 5) is 6.71. The zero-order chi connectivity index (χ0) is 11.3. The minimum atomic E-state index is 0.750. The van der Waals surface area contributed by atoms with Gasteiger partial charge in [0.2, 0.25) is 5.96 Å². The van der Waals surface area contributed by atoms with Crippen molar-refractivity contribution in [3.63, 3.8) is 0 Å². The Morgan fingerprint density at radius 2 is 2.33 bits per heavy atom. The molecule has 1 atom stereocenters. The molecule has 0 spiro atoms. The van der Waals surface area contributed by atoms with Crippen molar-refractivity contribution in [2.75, 3.05) is 19.6 Å². The van der Waals surface area contributed by atoms with Gasteiger partial charge in [0, 0.05) is 19.6 Å². The second kappa shape index (κ2) is 5.95. The quantitative estimate of drug-likeness (QED) is 0.320. The fraction of sp³-hybridized carbons (Fsp3) is 0.909. The molecule has 0 aromatic carbocycles. The fourth-order valence-electron chi connectivity index (χ4n) is 1.98. The van der Waals surface area contributed by atoms with Gasteiger partial charge in [-0.15, -0.1) is 0 Å². The summed E-state index contributed by atoms with van der Waals surface area (Å²) < 4.78 is 0. The van der Waals surface area contributed by atoms with E-state index in [2.05, 4.69) is 36.1 Å². The molecule has 1 aliphatic heterocycles. The summed E-state index contributed by atoms with van der Waals surface area (Å²) >= 11 is 0. The van der Waals surface area contributed by atoms with Gasteiger partial charge < -0.3 is 4.90 Å². The predicted molar refractivity (Wildman–Crippen MR) is 64.4 cm³/mol. The zero-order valence-corrected chi connectivity index (χ0v) is 10.2. The standard InChI is InChI=1S/C11H24N4/c1-4-6-13-11(14-12)15-7-5-10(8-15)9(2)3/h9-10H,4-8,12H2,1-3H3,(H,13,14). The zero-order valence-electron chi connectivity index (χ0n) is 10.2. The molecular formula is C11H24N4. The van der Waals surface area contributed by atoms with Gasteiger partial charge in [-0.1, -0.05) is 20.8 Å². The summed E-state index contributed by atoms with van der Waals surface area (Å²) in [7, 11) is 0. The average Bonchev–Trinajstić information content (AvgIpc) is 2.68. The van der Waals surface area contributed by atoms with Crippen molar-refractivity contribution in [3.8, 4) is 0 Å². The smallest absolute Gasteiger partial charge is 0.208 e. The summed E-state index contributed by atoms with van der Waals surface area (Å²) in [6.45, 7) is 9.71. The van der Waals surface area contributed by atoms with E-state index in [-0.39, 0.29) is 0 Å². The molecule has 4 heteroatoms. The van der Waals surface area contributed by atoms with Crippen LogP contribution < -0.4 is 11.3 Å². The highest BCUT2D eigenvalue weighted by molar-refractivity contribution is 5.79. The first kappa shape index (κ1) is 12.3. The first-order chi connectivity index (χ1) is 7.19.